The molecule has 86 valence electrons. The first kappa shape index (κ1) is 12.4. The molecular weight excluding hydrogens is 192 g/mol. The van der Waals surface area contributed by atoms with Crippen molar-refractivity contribution in [2.75, 3.05) is 13.2 Å². The minimum absolute atomic E-state index is 0.121. The summed E-state index contributed by atoms with van der Waals surface area (Å²) in [6.07, 6.45) is 1.94. The molecule has 1 heterocycles. The van der Waals surface area contributed by atoms with Crippen LogP contribution in [0.3, 0.4) is 0 Å². The van der Waals surface area contributed by atoms with Crippen molar-refractivity contribution in [2.45, 2.75) is 50.9 Å². The van der Waals surface area contributed by atoms with Crippen LogP contribution in [0.4, 0.5) is 0 Å². The third kappa shape index (κ3) is 3.16. The Morgan fingerprint density at radius 3 is 2.93 bits per heavy atom. The molecule has 3 unspecified atom stereocenters. The number of hydrogen-bond acceptors (Lipinski definition) is 4. The molecular formula is C11H20N2O2. The molecule has 1 aliphatic rings. The lowest BCUT2D eigenvalue weighted by Gasteiger charge is -2.28. The van der Waals surface area contributed by atoms with Crippen molar-refractivity contribution in [3.8, 4) is 6.07 Å². The molecule has 1 saturated heterocycles. The fourth-order valence-corrected chi connectivity index (χ4v) is 1.80. The van der Waals surface area contributed by atoms with E-state index in [-0.39, 0.29) is 12.1 Å². The van der Waals surface area contributed by atoms with Crippen molar-refractivity contribution in [1.29, 1.82) is 5.26 Å². The van der Waals surface area contributed by atoms with Gasteiger partial charge in [0, 0.05) is 25.6 Å². The van der Waals surface area contributed by atoms with Gasteiger partial charge in [-0.25, -0.2) is 0 Å². The fourth-order valence-electron chi connectivity index (χ4n) is 1.80. The Balaban J connectivity index is 2.38. The molecule has 2 N–H and O–H groups in total. The average Bonchev–Trinajstić information content (AvgIpc) is 2.55. The second-order valence-corrected chi connectivity index (χ2v) is 4.21. The third-order valence-corrected chi connectivity index (χ3v) is 3.19. The Kier molecular flexibility index (Phi) is 4.52. The summed E-state index contributed by atoms with van der Waals surface area (Å²) in [5.74, 6) is 0. The zero-order valence-corrected chi connectivity index (χ0v) is 9.49. The lowest BCUT2D eigenvalue weighted by Crippen LogP contribution is -2.48. The van der Waals surface area contributed by atoms with E-state index < -0.39 is 5.60 Å². The molecule has 1 rings (SSSR count). The van der Waals surface area contributed by atoms with Gasteiger partial charge >= 0.3 is 0 Å². The lowest BCUT2D eigenvalue weighted by atomic mass is 9.96. The highest BCUT2D eigenvalue weighted by atomic mass is 16.5. The Labute approximate surface area is 91.2 Å². The summed E-state index contributed by atoms with van der Waals surface area (Å²) in [7, 11) is 0. The van der Waals surface area contributed by atoms with Crippen molar-refractivity contribution < 1.29 is 9.84 Å². The Hall–Kier alpha value is -0.630. The molecule has 0 aromatic rings. The number of nitriles is 1. The standard InChI is InChI=1S/C11H20N2O2/c1-3-10(4-6-12)13-8-11(14)5-7-15-9(11)2/h9-10,13-14H,3-5,7-8H2,1-2H3. The van der Waals surface area contributed by atoms with E-state index in [1.807, 2.05) is 13.8 Å². The van der Waals surface area contributed by atoms with E-state index in [2.05, 4.69) is 11.4 Å². The van der Waals surface area contributed by atoms with Gasteiger partial charge in [-0.05, 0) is 13.3 Å². The van der Waals surface area contributed by atoms with Crippen LogP contribution >= 0.6 is 0 Å². The van der Waals surface area contributed by atoms with Crippen LogP contribution in [0.15, 0.2) is 0 Å². The predicted molar refractivity (Wildman–Crippen MR) is 57.3 cm³/mol. The monoisotopic (exact) mass is 212 g/mol. The molecule has 4 nitrogen and oxygen atoms in total. The molecule has 3 atom stereocenters. The van der Waals surface area contributed by atoms with Gasteiger partial charge in [0.25, 0.3) is 0 Å². The highest BCUT2D eigenvalue weighted by molar-refractivity contribution is 4.93. The van der Waals surface area contributed by atoms with Crippen LogP contribution < -0.4 is 5.32 Å². The van der Waals surface area contributed by atoms with Crippen LogP contribution in [-0.2, 0) is 4.74 Å². The van der Waals surface area contributed by atoms with Gasteiger partial charge in [0.15, 0.2) is 0 Å². The van der Waals surface area contributed by atoms with Gasteiger partial charge in [0.2, 0.25) is 0 Å². The van der Waals surface area contributed by atoms with E-state index in [0.717, 1.165) is 6.42 Å². The Morgan fingerprint density at radius 2 is 2.47 bits per heavy atom. The summed E-state index contributed by atoms with van der Waals surface area (Å²) < 4.78 is 5.34. The third-order valence-electron chi connectivity index (χ3n) is 3.19. The van der Waals surface area contributed by atoms with E-state index in [1.165, 1.54) is 0 Å². The molecule has 0 radical (unpaired) electrons. The Bertz CT molecular complexity index is 239. The van der Waals surface area contributed by atoms with Crippen LogP contribution in [0.2, 0.25) is 0 Å². The van der Waals surface area contributed by atoms with Gasteiger partial charge in [0.1, 0.15) is 5.60 Å². The number of nitrogens with zero attached hydrogens (tertiary/aromatic N) is 1. The van der Waals surface area contributed by atoms with E-state index in [4.69, 9.17) is 10.00 Å². The Morgan fingerprint density at radius 1 is 1.73 bits per heavy atom. The highest BCUT2D eigenvalue weighted by Crippen LogP contribution is 2.24. The molecule has 0 aliphatic carbocycles. The molecule has 0 saturated carbocycles. The zero-order valence-electron chi connectivity index (χ0n) is 9.49. The number of nitrogens with one attached hydrogen (secondary N) is 1. The number of ether oxygens (including phenoxy) is 1. The summed E-state index contributed by atoms with van der Waals surface area (Å²) in [6.45, 7) is 5.05. The minimum Gasteiger partial charge on any atom is -0.386 e. The number of aliphatic hydroxyl groups is 1. The molecule has 0 aromatic heterocycles. The SMILES string of the molecule is CCC(CC#N)NCC1(O)CCOC1C. The van der Waals surface area contributed by atoms with Crippen molar-refractivity contribution >= 4 is 0 Å². The van der Waals surface area contributed by atoms with Crippen LogP contribution in [0.5, 0.6) is 0 Å². The maximum absolute atomic E-state index is 10.2. The smallest absolute Gasteiger partial charge is 0.105 e. The zero-order chi connectivity index (χ0) is 11.3. The van der Waals surface area contributed by atoms with E-state index in [9.17, 15) is 5.11 Å². The second kappa shape index (κ2) is 5.45. The van der Waals surface area contributed by atoms with E-state index in [1.54, 1.807) is 0 Å². The van der Waals surface area contributed by atoms with Gasteiger partial charge in [-0.1, -0.05) is 6.92 Å². The van der Waals surface area contributed by atoms with Crippen LogP contribution in [0, 0.1) is 11.3 Å². The van der Waals surface area contributed by atoms with Gasteiger partial charge in [-0.15, -0.1) is 0 Å². The van der Waals surface area contributed by atoms with Crippen molar-refractivity contribution in [3.05, 3.63) is 0 Å². The van der Waals surface area contributed by atoms with Gasteiger partial charge < -0.3 is 15.2 Å². The molecule has 1 aliphatic heterocycles. The predicted octanol–water partition coefficient (Wildman–Crippen LogP) is 0.808. The summed E-state index contributed by atoms with van der Waals surface area (Å²) in [5.41, 5.74) is -0.761. The molecule has 4 heteroatoms. The largest absolute Gasteiger partial charge is 0.386 e. The first-order valence-electron chi connectivity index (χ1n) is 5.56. The van der Waals surface area contributed by atoms with Crippen LogP contribution in [0.25, 0.3) is 0 Å². The van der Waals surface area contributed by atoms with Crippen molar-refractivity contribution in [2.24, 2.45) is 0 Å². The first-order valence-corrected chi connectivity index (χ1v) is 5.56. The van der Waals surface area contributed by atoms with E-state index in [0.29, 0.717) is 26.0 Å². The molecule has 15 heavy (non-hydrogen) atoms. The second-order valence-electron chi connectivity index (χ2n) is 4.21. The topological polar surface area (TPSA) is 65.3 Å². The normalized spacial score (nSPS) is 32.5. The van der Waals surface area contributed by atoms with Gasteiger partial charge in [-0.2, -0.15) is 5.26 Å². The molecule has 0 bridgehead atoms. The van der Waals surface area contributed by atoms with Crippen LogP contribution in [-0.4, -0.2) is 36.0 Å². The number of hydrogen-bond donors (Lipinski definition) is 2. The summed E-state index contributed by atoms with van der Waals surface area (Å²) in [5, 5.41) is 22.0. The maximum Gasteiger partial charge on any atom is 0.105 e. The van der Waals surface area contributed by atoms with Gasteiger partial charge in [0.05, 0.1) is 18.6 Å². The lowest BCUT2D eigenvalue weighted by molar-refractivity contribution is -0.0276. The van der Waals surface area contributed by atoms with Crippen molar-refractivity contribution in [1.82, 2.24) is 5.32 Å². The average molecular weight is 212 g/mol. The summed E-state index contributed by atoms with van der Waals surface area (Å²) in [4.78, 5) is 0. The van der Waals surface area contributed by atoms with E-state index >= 15 is 0 Å². The van der Waals surface area contributed by atoms with Gasteiger partial charge in [-0.3, -0.25) is 0 Å². The molecule has 1 fully saturated rings. The van der Waals surface area contributed by atoms with Crippen LogP contribution in [0.1, 0.15) is 33.1 Å². The molecule has 0 spiro atoms. The maximum atomic E-state index is 10.2. The first-order chi connectivity index (χ1) is 7.12. The quantitative estimate of drug-likeness (QED) is 0.707. The highest BCUT2D eigenvalue weighted by Gasteiger charge is 2.39. The van der Waals surface area contributed by atoms with Crippen molar-refractivity contribution in [3.63, 3.8) is 0 Å². The molecule has 0 amide bonds. The summed E-state index contributed by atoms with van der Waals surface area (Å²) >= 11 is 0. The fraction of sp³-hybridized carbons (Fsp3) is 0.909. The molecule has 0 aromatic carbocycles. The minimum atomic E-state index is -0.761. The number of rotatable bonds is 5. The summed E-state index contributed by atoms with van der Waals surface area (Å²) in [6, 6.07) is 2.32.